The molecule has 2 heterocycles. The average molecular weight is 498 g/mol. The number of methoxy groups -OCH3 is 2. The number of aromatic nitrogens is 1. The molecule has 198 valence electrons. The smallest absolute Gasteiger partial charge is 0.271 e. The zero-order chi connectivity index (χ0) is 25.9. The van der Waals surface area contributed by atoms with E-state index in [4.69, 9.17) is 9.47 Å². The Morgan fingerprint density at radius 3 is 2.44 bits per heavy atom. The highest BCUT2D eigenvalue weighted by Gasteiger charge is 2.48. The Hall–Kier alpha value is -2.70. The second-order valence-electron chi connectivity index (χ2n) is 10.9. The molecule has 4 rings (SSSR count). The molecule has 1 aliphatic carbocycles. The summed E-state index contributed by atoms with van der Waals surface area (Å²) in [6.45, 7) is 7.24. The third kappa shape index (κ3) is 4.94. The molecule has 1 aromatic heterocycles. The van der Waals surface area contributed by atoms with E-state index in [2.05, 4.69) is 19.2 Å². The fourth-order valence-electron chi connectivity index (χ4n) is 5.96. The topological polar surface area (TPSA) is 72.8 Å². The number of rotatable bonds is 9. The molecule has 2 amide bonds. The maximum atomic E-state index is 14.1. The number of fused-ring (bicyclic) bond motifs is 3. The maximum absolute atomic E-state index is 14.1. The molecule has 7 heteroatoms. The van der Waals surface area contributed by atoms with Crippen LogP contribution in [0, 0.1) is 5.92 Å². The molecular weight excluding hydrogens is 454 g/mol. The Kier molecular flexibility index (Phi) is 8.16. The second-order valence-corrected chi connectivity index (χ2v) is 10.9. The first kappa shape index (κ1) is 26.4. The number of carbonyl (C=O) groups is 2. The SMILES string of the molecule is CCCCC(C)CN1C(=O)c2cc3c(OC)ccc(OC)c3n2CC1(C)C(=O)NC1CCCCCC1. The van der Waals surface area contributed by atoms with Crippen molar-refractivity contribution in [2.75, 3.05) is 20.8 Å². The molecule has 2 atom stereocenters. The number of ether oxygens (including phenoxy) is 2. The maximum Gasteiger partial charge on any atom is 0.271 e. The van der Waals surface area contributed by atoms with Gasteiger partial charge in [-0.15, -0.1) is 0 Å². The van der Waals surface area contributed by atoms with Crippen molar-refractivity contribution in [1.29, 1.82) is 0 Å². The summed E-state index contributed by atoms with van der Waals surface area (Å²) in [5, 5.41) is 4.18. The van der Waals surface area contributed by atoms with E-state index in [0.29, 0.717) is 36.2 Å². The molecule has 0 bridgehead atoms. The van der Waals surface area contributed by atoms with Crippen LogP contribution in [-0.2, 0) is 11.3 Å². The molecule has 1 aromatic carbocycles. The van der Waals surface area contributed by atoms with E-state index in [-0.39, 0.29) is 17.9 Å². The lowest BCUT2D eigenvalue weighted by molar-refractivity contribution is -0.134. The summed E-state index contributed by atoms with van der Waals surface area (Å²) < 4.78 is 13.3. The van der Waals surface area contributed by atoms with E-state index in [1.165, 1.54) is 12.8 Å². The minimum absolute atomic E-state index is 0.0557. The van der Waals surface area contributed by atoms with Gasteiger partial charge in [0.05, 0.1) is 26.3 Å². The van der Waals surface area contributed by atoms with Gasteiger partial charge in [0.15, 0.2) is 0 Å². The van der Waals surface area contributed by atoms with Crippen LogP contribution in [-0.4, -0.2) is 53.6 Å². The highest BCUT2D eigenvalue weighted by molar-refractivity contribution is 6.06. The van der Waals surface area contributed by atoms with Crippen molar-refractivity contribution in [2.24, 2.45) is 5.92 Å². The van der Waals surface area contributed by atoms with E-state index >= 15 is 0 Å². The molecule has 0 radical (unpaired) electrons. The number of amides is 2. The van der Waals surface area contributed by atoms with Crippen molar-refractivity contribution in [1.82, 2.24) is 14.8 Å². The van der Waals surface area contributed by atoms with Gasteiger partial charge in [0, 0.05) is 18.0 Å². The molecule has 1 aliphatic heterocycles. The molecule has 1 saturated carbocycles. The van der Waals surface area contributed by atoms with Crippen LogP contribution in [0.5, 0.6) is 11.5 Å². The van der Waals surface area contributed by atoms with Gasteiger partial charge in [-0.2, -0.15) is 0 Å². The standard InChI is InChI=1S/C29H43N3O4/c1-6-7-12-20(2)18-32-27(33)23-17-22-24(35-4)15-16-25(36-5)26(22)31(23)19-29(32,3)28(34)30-21-13-10-8-9-11-14-21/h15-17,20-21H,6-14,18-19H2,1-5H3,(H,30,34). The molecule has 0 saturated heterocycles. The van der Waals surface area contributed by atoms with E-state index in [0.717, 1.165) is 55.8 Å². The van der Waals surface area contributed by atoms with Crippen LogP contribution in [0.15, 0.2) is 18.2 Å². The van der Waals surface area contributed by atoms with Gasteiger partial charge in [-0.25, -0.2) is 0 Å². The zero-order valence-electron chi connectivity index (χ0n) is 22.7. The van der Waals surface area contributed by atoms with Gasteiger partial charge in [0.1, 0.15) is 22.7 Å². The monoisotopic (exact) mass is 497 g/mol. The second kappa shape index (κ2) is 11.1. The average Bonchev–Trinajstić information content (AvgIpc) is 3.06. The Morgan fingerprint density at radius 2 is 1.81 bits per heavy atom. The molecule has 2 unspecified atom stereocenters. The highest BCUT2D eigenvalue weighted by Crippen LogP contribution is 2.40. The molecule has 1 N–H and O–H groups in total. The molecular formula is C29H43N3O4. The van der Waals surface area contributed by atoms with Crippen LogP contribution >= 0.6 is 0 Å². The lowest BCUT2D eigenvalue weighted by Gasteiger charge is -2.45. The predicted molar refractivity (Wildman–Crippen MR) is 143 cm³/mol. The first-order valence-electron chi connectivity index (χ1n) is 13.7. The van der Waals surface area contributed by atoms with Crippen molar-refractivity contribution in [3.8, 4) is 11.5 Å². The Balaban J connectivity index is 1.77. The number of unbranched alkanes of at least 4 members (excludes halogenated alkanes) is 1. The number of benzene rings is 1. The van der Waals surface area contributed by atoms with E-state index < -0.39 is 5.54 Å². The number of nitrogens with zero attached hydrogens (tertiary/aromatic N) is 2. The van der Waals surface area contributed by atoms with Crippen molar-refractivity contribution >= 4 is 22.7 Å². The lowest BCUT2D eigenvalue weighted by atomic mass is 9.91. The largest absolute Gasteiger partial charge is 0.496 e. The number of nitrogens with one attached hydrogen (secondary N) is 1. The van der Waals surface area contributed by atoms with Crippen molar-refractivity contribution in [3.05, 3.63) is 23.9 Å². The van der Waals surface area contributed by atoms with E-state index in [1.54, 1.807) is 14.2 Å². The first-order valence-corrected chi connectivity index (χ1v) is 13.7. The Morgan fingerprint density at radius 1 is 1.14 bits per heavy atom. The summed E-state index contributed by atoms with van der Waals surface area (Å²) in [5.74, 6) is 1.50. The summed E-state index contributed by atoms with van der Waals surface area (Å²) >= 11 is 0. The molecule has 2 aliphatic rings. The zero-order valence-corrected chi connectivity index (χ0v) is 22.7. The Bertz CT molecular complexity index is 1090. The van der Waals surface area contributed by atoms with Gasteiger partial charge in [-0.1, -0.05) is 52.4 Å². The number of hydrogen-bond donors (Lipinski definition) is 1. The van der Waals surface area contributed by atoms with Gasteiger partial charge >= 0.3 is 0 Å². The molecule has 36 heavy (non-hydrogen) atoms. The Labute approximate surface area is 215 Å². The fraction of sp³-hybridized carbons (Fsp3) is 0.655. The predicted octanol–water partition coefficient (Wildman–Crippen LogP) is 5.54. The molecule has 0 spiro atoms. The third-order valence-corrected chi connectivity index (χ3v) is 8.17. The minimum atomic E-state index is -1.00. The van der Waals surface area contributed by atoms with Crippen LogP contribution < -0.4 is 14.8 Å². The van der Waals surface area contributed by atoms with Crippen molar-refractivity contribution in [3.63, 3.8) is 0 Å². The van der Waals surface area contributed by atoms with Crippen LogP contribution in [0.3, 0.4) is 0 Å². The normalized spacial score (nSPS) is 21.7. The van der Waals surface area contributed by atoms with Gasteiger partial charge in [0.2, 0.25) is 5.91 Å². The van der Waals surface area contributed by atoms with Gasteiger partial charge < -0.3 is 24.3 Å². The summed E-state index contributed by atoms with van der Waals surface area (Å²) in [7, 11) is 3.26. The van der Waals surface area contributed by atoms with Gasteiger partial charge in [0.25, 0.3) is 5.91 Å². The van der Waals surface area contributed by atoms with E-state index in [1.807, 2.05) is 34.6 Å². The van der Waals surface area contributed by atoms with E-state index in [9.17, 15) is 9.59 Å². The highest BCUT2D eigenvalue weighted by atomic mass is 16.5. The van der Waals surface area contributed by atoms with Crippen LogP contribution in [0.1, 0.15) is 89.0 Å². The molecule has 2 aromatic rings. The number of hydrogen-bond acceptors (Lipinski definition) is 4. The quantitative estimate of drug-likeness (QED) is 0.462. The number of carbonyl (C=O) groups excluding carboxylic acids is 2. The summed E-state index contributed by atoms with van der Waals surface area (Å²) in [6, 6.07) is 5.79. The van der Waals surface area contributed by atoms with Gasteiger partial charge in [-0.3, -0.25) is 9.59 Å². The van der Waals surface area contributed by atoms with Crippen molar-refractivity contribution in [2.45, 2.75) is 96.7 Å². The van der Waals surface area contributed by atoms with Crippen molar-refractivity contribution < 1.29 is 19.1 Å². The molecule has 7 nitrogen and oxygen atoms in total. The summed E-state index contributed by atoms with van der Waals surface area (Å²) in [4.78, 5) is 30.0. The van der Waals surface area contributed by atoms with Crippen LogP contribution in [0.2, 0.25) is 0 Å². The third-order valence-electron chi connectivity index (χ3n) is 8.17. The molecule has 1 fully saturated rings. The minimum Gasteiger partial charge on any atom is -0.496 e. The fourth-order valence-corrected chi connectivity index (χ4v) is 5.96. The van der Waals surface area contributed by atoms with Crippen LogP contribution in [0.4, 0.5) is 0 Å². The summed E-state index contributed by atoms with van der Waals surface area (Å²) in [6.07, 6.45) is 10.0. The van der Waals surface area contributed by atoms with Crippen LogP contribution in [0.25, 0.3) is 10.9 Å². The summed E-state index contributed by atoms with van der Waals surface area (Å²) in [5.41, 5.74) is 0.374. The van der Waals surface area contributed by atoms with Gasteiger partial charge in [-0.05, 0) is 50.3 Å². The lowest BCUT2D eigenvalue weighted by Crippen LogP contribution is -2.65. The first-order chi connectivity index (χ1) is 17.3.